The molecule has 0 spiro atoms. The topological polar surface area (TPSA) is 76.0 Å². The van der Waals surface area contributed by atoms with Crippen LogP contribution < -0.4 is 9.47 Å². The van der Waals surface area contributed by atoms with E-state index >= 15 is 0 Å². The van der Waals surface area contributed by atoms with Crippen LogP contribution in [-0.2, 0) is 4.79 Å². The lowest BCUT2D eigenvalue weighted by Crippen LogP contribution is -2.06. The van der Waals surface area contributed by atoms with Gasteiger partial charge in [-0.25, -0.2) is 4.79 Å². The number of aromatic hydroxyl groups is 1. The summed E-state index contributed by atoms with van der Waals surface area (Å²) in [6.45, 7) is 3.83. The highest BCUT2D eigenvalue weighted by molar-refractivity contribution is 6.20. The van der Waals surface area contributed by atoms with Gasteiger partial charge in [0.15, 0.2) is 11.5 Å². The maximum Gasteiger partial charge on any atom is 0.336 e. The first-order valence-corrected chi connectivity index (χ1v) is 7.49. The van der Waals surface area contributed by atoms with E-state index in [9.17, 15) is 15.0 Å². The fourth-order valence-corrected chi connectivity index (χ4v) is 2.20. The second-order valence-corrected chi connectivity index (χ2v) is 5.49. The molecule has 0 saturated heterocycles. The van der Waals surface area contributed by atoms with Crippen LogP contribution in [0.15, 0.2) is 42.5 Å². The van der Waals surface area contributed by atoms with Gasteiger partial charge in [-0.05, 0) is 55.3 Å². The van der Waals surface area contributed by atoms with Gasteiger partial charge in [-0.3, -0.25) is 0 Å². The lowest BCUT2D eigenvalue weighted by atomic mass is 10.0. The number of carbonyl (C=O) groups is 1. The molecule has 2 aromatic rings. The van der Waals surface area contributed by atoms with E-state index in [1.165, 1.54) is 19.2 Å². The molecule has 0 saturated carbocycles. The van der Waals surface area contributed by atoms with Gasteiger partial charge in [0.25, 0.3) is 0 Å². The van der Waals surface area contributed by atoms with Crippen molar-refractivity contribution in [2.75, 3.05) is 7.11 Å². The first-order chi connectivity index (χ1) is 11.4. The third-order valence-electron chi connectivity index (χ3n) is 3.27. The molecule has 0 fully saturated rings. The summed E-state index contributed by atoms with van der Waals surface area (Å²) in [6, 6.07) is 11.3. The number of methoxy groups -OCH3 is 1. The molecular weight excluding hydrogens is 308 g/mol. The number of benzene rings is 2. The van der Waals surface area contributed by atoms with E-state index in [2.05, 4.69) is 0 Å². The summed E-state index contributed by atoms with van der Waals surface area (Å²) in [7, 11) is 1.54. The number of rotatable bonds is 6. The highest BCUT2D eigenvalue weighted by Gasteiger charge is 2.12. The van der Waals surface area contributed by atoms with Crippen LogP contribution >= 0.6 is 0 Å². The molecule has 0 aliphatic carbocycles. The summed E-state index contributed by atoms with van der Waals surface area (Å²) in [5.74, 6) is 0.168. The number of carboxylic acids is 1. The van der Waals surface area contributed by atoms with E-state index in [1.54, 1.807) is 36.4 Å². The van der Waals surface area contributed by atoms with Crippen molar-refractivity contribution >= 4 is 17.6 Å². The number of hydrogen-bond acceptors (Lipinski definition) is 4. The molecule has 0 atom stereocenters. The Morgan fingerprint density at radius 3 is 2.29 bits per heavy atom. The minimum Gasteiger partial charge on any atom is -0.508 e. The summed E-state index contributed by atoms with van der Waals surface area (Å²) in [5, 5.41) is 18.8. The summed E-state index contributed by atoms with van der Waals surface area (Å²) < 4.78 is 11.0. The molecular formula is C19H20O5. The monoisotopic (exact) mass is 328 g/mol. The molecule has 2 aromatic carbocycles. The van der Waals surface area contributed by atoms with Crippen LogP contribution in [0.5, 0.6) is 17.2 Å². The van der Waals surface area contributed by atoms with Crippen LogP contribution in [0, 0.1) is 0 Å². The van der Waals surface area contributed by atoms with Crippen LogP contribution in [-0.4, -0.2) is 29.4 Å². The van der Waals surface area contributed by atoms with Gasteiger partial charge < -0.3 is 19.7 Å². The molecule has 2 rings (SSSR count). The SMILES string of the molecule is COc1cc(/C=C(\C(=O)O)c2ccc(O)cc2)ccc1OC(C)C. The quantitative estimate of drug-likeness (QED) is 0.623. The third kappa shape index (κ3) is 4.29. The highest BCUT2D eigenvalue weighted by atomic mass is 16.5. The Morgan fingerprint density at radius 2 is 1.75 bits per heavy atom. The molecule has 0 bridgehead atoms. The number of phenolic OH excluding ortho intramolecular Hbond substituents is 1. The maximum atomic E-state index is 11.6. The number of phenols is 1. The van der Waals surface area contributed by atoms with Crippen molar-refractivity contribution in [3.8, 4) is 17.2 Å². The van der Waals surface area contributed by atoms with Gasteiger partial charge in [-0.2, -0.15) is 0 Å². The van der Waals surface area contributed by atoms with Crippen molar-refractivity contribution in [3.05, 3.63) is 53.6 Å². The van der Waals surface area contributed by atoms with Crippen molar-refractivity contribution in [3.63, 3.8) is 0 Å². The Labute approximate surface area is 140 Å². The van der Waals surface area contributed by atoms with Crippen LogP contribution in [0.4, 0.5) is 0 Å². The van der Waals surface area contributed by atoms with Crippen molar-refractivity contribution < 1.29 is 24.5 Å². The van der Waals surface area contributed by atoms with Crippen LogP contribution in [0.2, 0.25) is 0 Å². The van der Waals surface area contributed by atoms with Gasteiger partial charge in [0.05, 0.1) is 18.8 Å². The number of ether oxygens (including phenoxy) is 2. The van der Waals surface area contributed by atoms with E-state index in [4.69, 9.17) is 9.47 Å². The third-order valence-corrected chi connectivity index (χ3v) is 3.27. The molecule has 0 aliphatic heterocycles. The molecule has 0 aromatic heterocycles. The Balaban J connectivity index is 2.42. The maximum absolute atomic E-state index is 11.6. The van der Waals surface area contributed by atoms with E-state index in [0.29, 0.717) is 22.6 Å². The van der Waals surface area contributed by atoms with Gasteiger partial charge in [0, 0.05) is 0 Å². The zero-order valence-corrected chi connectivity index (χ0v) is 13.8. The van der Waals surface area contributed by atoms with E-state index in [-0.39, 0.29) is 17.4 Å². The Morgan fingerprint density at radius 1 is 1.08 bits per heavy atom. The lowest BCUT2D eigenvalue weighted by molar-refractivity contribution is -0.130. The van der Waals surface area contributed by atoms with Crippen molar-refractivity contribution in [1.82, 2.24) is 0 Å². The minimum absolute atomic E-state index is 0.00636. The molecule has 5 heteroatoms. The van der Waals surface area contributed by atoms with Gasteiger partial charge in [-0.1, -0.05) is 18.2 Å². The van der Waals surface area contributed by atoms with Crippen LogP contribution in [0.25, 0.3) is 11.6 Å². The van der Waals surface area contributed by atoms with Crippen molar-refractivity contribution in [1.29, 1.82) is 0 Å². The van der Waals surface area contributed by atoms with Gasteiger partial charge in [0.2, 0.25) is 0 Å². The smallest absolute Gasteiger partial charge is 0.336 e. The van der Waals surface area contributed by atoms with Crippen molar-refractivity contribution in [2.45, 2.75) is 20.0 Å². The largest absolute Gasteiger partial charge is 0.508 e. The molecule has 2 N–H and O–H groups in total. The number of carboxylic acid groups (broad SMARTS) is 1. The summed E-state index contributed by atoms with van der Waals surface area (Å²) >= 11 is 0. The molecule has 0 aliphatic rings. The Hall–Kier alpha value is -2.95. The molecule has 0 unspecified atom stereocenters. The lowest BCUT2D eigenvalue weighted by Gasteiger charge is -2.14. The Bertz CT molecular complexity index is 745. The van der Waals surface area contributed by atoms with Gasteiger partial charge >= 0.3 is 5.97 Å². The minimum atomic E-state index is -1.05. The summed E-state index contributed by atoms with van der Waals surface area (Å²) in [5.41, 5.74) is 1.30. The zero-order chi connectivity index (χ0) is 17.7. The normalized spacial score (nSPS) is 11.4. The van der Waals surface area contributed by atoms with Gasteiger partial charge in [-0.15, -0.1) is 0 Å². The van der Waals surface area contributed by atoms with E-state index < -0.39 is 5.97 Å². The Kier molecular flexibility index (Phi) is 5.47. The summed E-state index contributed by atoms with van der Waals surface area (Å²) in [6.07, 6.45) is 1.56. The molecule has 126 valence electrons. The number of aliphatic carboxylic acids is 1. The molecule has 24 heavy (non-hydrogen) atoms. The predicted molar refractivity (Wildman–Crippen MR) is 92.4 cm³/mol. The average molecular weight is 328 g/mol. The zero-order valence-electron chi connectivity index (χ0n) is 13.8. The number of hydrogen-bond donors (Lipinski definition) is 2. The molecule has 0 heterocycles. The molecule has 0 radical (unpaired) electrons. The van der Waals surface area contributed by atoms with Crippen LogP contribution in [0.1, 0.15) is 25.0 Å². The molecule has 0 amide bonds. The summed E-state index contributed by atoms with van der Waals surface area (Å²) in [4.78, 5) is 11.6. The fourth-order valence-electron chi connectivity index (χ4n) is 2.20. The molecule has 5 nitrogen and oxygen atoms in total. The predicted octanol–water partition coefficient (Wildman–Crippen LogP) is 3.81. The second-order valence-electron chi connectivity index (χ2n) is 5.49. The van der Waals surface area contributed by atoms with E-state index in [0.717, 1.165) is 0 Å². The fraction of sp³-hybridized carbons (Fsp3) is 0.211. The highest BCUT2D eigenvalue weighted by Crippen LogP contribution is 2.31. The first-order valence-electron chi connectivity index (χ1n) is 7.49. The van der Waals surface area contributed by atoms with Gasteiger partial charge in [0.1, 0.15) is 5.75 Å². The average Bonchev–Trinajstić information content (AvgIpc) is 2.54. The van der Waals surface area contributed by atoms with Crippen molar-refractivity contribution in [2.24, 2.45) is 0 Å². The van der Waals surface area contributed by atoms with Crippen LogP contribution in [0.3, 0.4) is 0 Å². The van der Waals surface area contributed by atoms with E-state index in [1.807, 2.05) is 13.8 Å². The standard InChI is InChI=1S/C19H20O5/c1-12(2)24-17-9-4-13(11-18(17)23-3)10-16(19(21)22)14-5-7-15(20)8-6-14/h4-12,20H,1-3H3,(H,21,22)/b16-10-. The first kappa shape index (κ1) is 17.4. The second kappa shape index (κ2) is 7.55.